The number of benzene rings is 1. The number of hydrogen-bond donors (Lipinski definition) is 1. The molecule has 0 bridgehead atoms. The number of hydrogen-bond acceptors (Lipinski definition) is 2. The second-order valence-corrected chi connectivity index (χ2v) is 4.81. The van der Waals surface area contributed by atoms with Crippen molar-refractivity contribution in [2.45, 2.75) is 32.4 Å². The van der Waals surface area contributed by atoms with E-state index in [4.69, 9.17) is 4.74 Å². The van der Waals surface area contributed by atoms with Crippen LogP contribution in [0, 0.1) is 12.7 Å². The molecule has 1 aliphatic heterocycles. The van der Waals surface area contributed by atoms with E-state index in [1.165, 1.54) is 6.07 Å². The fourth-order valence-corrected chi connectivity index (χ4v) is 1.95. The average molecular weight is 223 g/mol. The molecule has 1 fully saturated rings. The van der Waals surface area contributed by atoms with Crippen LogP contribution in [0.4, 0.5) is 4.39 Å². The topological polar surface area (TPSA) is 21.3 Å². The molecule has 2 nitrogen and oxygen atoms in total. The number of aryl methyl sites for hydroxylation is 1. The van der Waals surface area contributed by atoms with Crippen molar-refractivity contribution in [3.63, 3.8) is 0 Å². The van der Waals surface area contributed by atoms with Gasteiger partial charge in [0.25, 0.3) is 0 Å². The summed E-state index contributed by atoms with van der Waals surface area (Å²) in [4.78, 5) is 0. The van der Waals surface area contributed by atoms with Crippen LogP contribution in [-0.2, 0) is 11.3 Å². The minimum Gasteiger partial charge on any atom is -0.379 e. The summed E-state index contributed by atoms with van der Waals surface area (Å²) in [6, 6.07) is 5.21. The molecule has 2 rings (SSSR count). The van der Waals surface area contributed by atoms with E-state index < -0.39 is 0 Å². The molecule has 3 heteroatoms. The van der Waals surface area contributed by atoms with Crippen LogP contribution in [0.2, 0.25) is 0 Å². The first-order chi connectivity index (χ1) is 7.59. The van der Waals surface area contributed by atoms with Gasteiger partial charge in [0, 0.05) is 24.3 Å². The Balaban J connectivity index is 2.01. The fourth-order valence-electron chi connectivity index (χ4n) is 1.95. The maximum absolute atomic E-state index is 13.5. The monoisotopic (exact) mass is 223 g/mol. The van der Waals surface area contributed by atoms with Gasteiger partial charge in [0.2, 0.25) is 0 Å². The van der Waals surface area contributed by atoms with Gasteiger partial charge in [0.1, 0.15) is 5.82 Å². The highest BCUT2D eigenvalue weighted by molar-refractivity contribution is 5.24. The zero-order valence-electron chi connectivity index (χ0n) is 9.85. The standard InChI is InChI=1S/C13H18FNO/c1-10-3-4-12(14)11(7-10)8-15-13(2)5-6-16-9-13/h3-4,7,15H,5-6,8-9H2,1-2H3. The van der Waals surface area contributed by atoms with E-state index in [-0.39, 0.29) is 11.4 Å². The smallest absolute Gasteiger partial charge is 0.127 e. The molecule has 0 saturated carbocycles. The largest absolute Gasteiger partial charge is 0.379 e. The van der Waals surface area contributed by atoms with Crippen molar-refractivity contribution in [2.75, 3.05) is 13.2 Å². The lowest BCUT2D eigenvalue weighted by Gasteiger charge is -2.23. The van der Waals surface area contributed by atoms with Crippen molar-refractivity contribution in [3.05, 3.63) is 35.1 Å². The van der Waals surface area contributed by atoms with Gasteiger partial charge in [-0.3, -0.25) is 0 Å². The number of ether oxygens (including phenoxy) is 1. The van der Waals surface area contributed by atoms with Crippen molar-refractivity contribution < 1.29 is 9.13 Å². The molecule has 1 unspecified atom stereocenters. The zero-order chi connectivity index (χ0) is 11.6. The Morgan fingerprint density at radius 3 is 3.00 bits per heavy atom. The first-order valence-electron chi connectivity index (χ1n) is 5.67. The summed E-state index contributed by atoms with van der Waals surface area (Å²) in [6.45, 7) is 6.16. The van der Waals surface area contributed by atoms with E-state index in [1.807, 2.05) is 13.0 Å². The third-order valence-electron chi connectivity index (χ3n) is 3.13. The molecule has 1 N–H and O–H groups in total. The Hall–Kier alpha value is -0.930. The fraction of sp³-hybridized carbons (Fsp3) is 0.538. The predicted octanol–water partition coefficient (Wildman–Crippen LogP) is 2.40. The van der Waals surface area contributed by atoms with Crippen LogP contribution in [0.15, 0.2) is 18.2 Å². The lowest BCUT2D eigenvalue weighted by Crippen LogP contribution is -2.42. The van der Waals surface area contributed by atoms with Gasteiger partial charge in [-0.1, -0.05) is 17.7 Å². The Bertz CT molecular complexity index is 372. The molecule has 0 amide bonds. The van der Waals surface area contributed by atoms with Crippen LogP contribution in [0.1, 0.15) is 24.5 Å². The number of rotatable bonds is 3. The highest BCUT2D eigenvalue weighted by atomic mass is 19.1. The van der Waals surface area contributed by atoms with E-state index in [0.717, 1.165) is 24.2 Å². The molecule has 16 heavy (non-hydrogen) atoms. The quantitative estimate of drug-likeness (QED) is 0.849. The van der Waals surface area contributed by atoms with Gasteiger partial charge >= 0.3 is 0 Å². The molecule has 0 spiro atoms. The second-order valence-electron chi connectivity index (χ2n) is 4.81. The van der Waals surface area contributed by atoms with Crippen LogP contribution < -0.4 is 5.32 Å². The molecule has 1 aliphatic rings. The summed E-state index contributed by atoms with van der Waals surface area (Å²) in [6.07, 6.45) is 0.987. The lowest BCUT2D eigenvalue weighted by molar-refractivity contribution is 0.171. The van der Waals surface area contributed by atoms with Crippen molar-refractivity contribution in [1.29, 1.82) is 0 Å². The van der Waals surface area contributed by atoms with Crippen LogP contribution in [0.25, 0.3) is 0 Å². The van der Waals surface area contributed by atoms with Gasteiger partial charge in [0.15, 0.2) is 0 Å². The van der Waals surface area contributed by atoms with E-state index in [0.29, 0.717) is 13.2 Å². The SMILES string of the molecule is Cc1ccc(F)c(CNC2(C)CCOC2)c1. The summed E-state index contributed by atoms with van der Waals surface area (Å²) >= 11 is 0. The second kappa shape index (κ2) is 4.52. The van der Waals surface area contributed by atoms with Crippen molar-refractivity contribution >= 4 is 0 Å². The molecule has 1 aromatic carbocycles. The normalized spacial score (nSPS) is 24.9. The van der Waals surface area contributed by atoms with Crippen molar-refractivity contribution in [1.82, 2.24) is 5.32 Å². The molecule has 0 aliphatic carbocycles. The summed E-state index contributed by atoms with van der Waals surface area (Å²) in [5.74, 6) is -0.138. The molecule has 88 valence electrons. The maximum Gasteiger partial charge on any atom is 0.127 e. The van der Waals surface area contributed by atoms with Crippen molar-refractivity contribution in [2.24, 2.45) is 0 Å². The molecular weight excluding hydrogens is 205 g/mol. The highest BCUT2D eigenvalue weighted by Crippen LogP contribution is 2.19. The van der Waals surface area contributed by atoms with E-state index in [2.05, 4.69) is 12.2 Å². The van der Waals surface area contributed by atoms with Gasteiger partial charge in [-0.15, -0.1) is 0 Å². The Labute approximate surface area is 95.8 Å². The third kappa shape index (κ3) is 2.60. The Morgan fingerprint density at radius 2 is 2.31 bits per heavy atom. The molecule has 1 saturated heterocycles. The van der Waals surface area contributed by atoms with E-state index >= 15 is 0 Å². The van der Waals surface area contributed by atoms with Gasteiger partial charge in [-0.25, -0.2) is 4.39 Å². The van der Waals surface area contributed by atoms with Gasteiger partial charge in [-0.2, -0.15) is 0 Å². The molecular formula is C13H18FNO. The van der Waals surface area contributed by atoms with E-state index in [9.17, 15) is 4.39 Å². The van der Waals surface area contributed by atoms with E-state index in [1.54, 1.807) is 6.07 Å². The zero-order valence-corrected chi connectivity index (χ0v) is 9.85. The maximum atomic E-state index is 13.5. The van der Waals surface area contributed by atoms with Crippen molar-refractivity contribution in [3.8, 4) is 0 Å². The molecule has 0 radical (unpaired) electrons. The lowest BCUT2D eigenvalue weighted by atomic mass is 10.0. The first-order valence-corrected chi connectivity index (χ1v) is 5.67. The first kappa shape index (κ1) is 11.6. The Morgan fingerprint density at radius 1 is 1.50 bits per heavy atom. The molecule has 1 atom stereocenters. The molecule has 1 aromatic rings. The third-order valence-corrected chi connectivity index (χ3v) is 3.13. The number of halogens is 1. The van der Waals surface area contributed by atoms with Crippen LogP contribution in [0.5, 0.6) is 0 Å². The summed E-state index contributed by atoms with van der Waals surface area (Å²) in [7, 11) is 0. The molecule has 0 aromatic heterocycles. The Kier molecular flexibility index (Phi) is 3.26. The van der Waals surface area contributed by atoms with Crippen LogP contribution >= 0.6 is 0 Å². The average Bonchev–Trinajstić information content (AvgIpc) is 2.67. The summed E-state index contributed by atoms with van der Waals surface area (Å²) in [5.41, 5.74) is 1.81. The van der Waals surface area contributed by atoms with Gasteiger partial charge in [0.05, 0.1) is 6.61 Å². The van der Waals surface area contributed by atoms with Gasteiger partial charge in [-0.05, 0) is 26.3 Å². The number of nitrogens with one attached hydrogen (secondary N) is 1. The summed E-state index contributed by atoms with van der Waals surface area (Å²) in [5, 5.41) is 3.38. The molecule has 1 heterocycles. The predicted molar refractivity (Wildman–Crippen MR) is 61.8 cm³/mol. The van der Waals surface area contributed by atoms with Gasteiger partial charge < -0.3 is 10.1 Å². The summed E-state index contributed by atoms with van der Waals surface area (Å²) < 4.78 is 18.8. The minimum atomic E-state index is -0.138. The van der Waals surface area contributed by atoms with Crippen LogP contribution in [0.3, 0.4) is 0 Å². The highest BCUT2D eigenvalue weighted by Gasteiger charge is 2.28. The minimum absolute atomic E-state index is 0.00378. The van der Waals surface area contributed by atoms with Crippen LogP contribution in [-0.4, -0.2) is 18.8 Å².